The molecular weight excluding hydrogens is 181 g/mol. The van der Waals surface area contributed by atoms with Crippen molar-refractivity contribution in [3.63, 3.8) is 0 Å². The van der Waals surface area contributed by atoms with Gasteiger partial charge in [0.05, 0.1) is 27.7 Å². The fourth-order valence-electron chi connectivity index (χ4n) is 0.439. The van der Waals surface area contributed by atoms with Crippen LogP contribution in [0.3, 0.4) is 0 Å². The molecule has 0 aliphatic carbocycles. The van der Waals surface area contributed by atoms with E-state index in [1.807, 2.05) is 21.1 Å². The van der Waals surface area contributed by atoms with E-state index >= 15 is 0 Å². The van der Waals surface area contributed by atoms with Gasteiger partial charge in [-0.15, -0.1) is 0 Å². The van der Waals surface area contributed by atoms with Gasteiger partial charge < -0.3 is 13.9 Å². The highest BCUT2D eigenvalue weighted by atomic mass is 31.2. The molecule has 0 saturated carbocycles. The number of hydrogen-bond acceptors (Lipinski definition) is 4. The second kappa shape index (κ2) is 4.35. The first kappa shape index (κ1) is 12.1. The standard InChI is InChI=1S/C6H16NO4P/c1-5-10-12(8,9)11-6-7(2,3)4/h5-6H2,1-4H3. The minimum absolute atomic E-state index is 0.0841. The smallest absolute Gasteiger partial charge is 0.272 e. The van der Waals surface area contributed by atoms with E-state index in [0.717, 1.165) is 0 Å². The highest BCUT2D eigenvalue weighted by molar-refractivity contribution is 7.45. The summed E-state index contributed by atoms with van der Waals surface area (Å²) in [6, 6.07) is 0. The van der Waals surface area contributed by atoms with E-state index in [-0.39, 0.29) is 13.3 Å². The van der Waals surface area contributed by atoms with E-state index in [4.69, 9.17) is 0 Å². The van der Waals surface area contributed by atoms with Crippen LogP contribution in [0, 0.1) is 0 Å². The first-order chi connectivity index (χ1) is 5.27. The number of hydrogen-bond donors (Lipinski definition) is 0. The molecule has 0 heterocycles. The molecule has 74 valence electrons. The number of rotatable bonds is 5. The lowest BCUT2D eigenvalue weighted by Crippen LogP contribution is -2.37. The maximum atomic E-state index is 10.9. The molecule has 6 heteroatoms. The van der Waals surface area contributed by atoms with Crippen molar-refractivity contribution in [1.82, 2.24) is 0 Å². The van der Waals surface area contributed by atoms with Crippen LogP contribution in [0.5, 0.6) is 0 Å². The summed E-state index contributed by atoms with van der Waals surface area (Å²) in [4.78, 5) is 10.9. The Morgan fingerprint density at radius 2 is 1.83 bits per heavy atom. The topological polar surface area (TPSA) is 58.6 Å². The molecule has 0 rings (SSSR count). The summed E-state index contributed by atoms with van der Waals surface area (Å²) in [6.45, 7) is 1.79. The normalized spacial score (nSPS) is 17.4. The van der Waals surface area contributed by atoms with Gasteiger partial charge in [0.1, 0.15) is 0 Å². The van der Waals surface area contributed by atoms with Crippen LogP contribution in [0.15, 0.2) is 0 Å². The molecule has 1 atom stereocenters. The van der Waals surface area contributed by atoms with E-state index < -0.39 is 7.82 Å². The molecule has 0 aliphatic heterocycles. The zero-order valence-electron chi connectivity index (χ0n) is 7.94. The number of nitrogens with zero attached hydrogens (tertiary/aromatic N) is 1. The van der Waals surface area contributed by atoms with E-state index in [0.29, 0.717) is 4.48 Å². The lowest BCUT2D eigenvalue weighted by Gasteiger charge is -2.28. The van der Waals surface area contributed by atoms with Gasteiger partial charge in [0.2, 0.25) is 0 Å². The first-order valence-electron chi connectivity index (χ1n) is 3.67. The summed E-state index contributed by atoms with van der Waals surface area (Å²) in [5.74, 6) is 0. The fourth-order valence-corrected chi connectivity index (χ4v) is 1.32. The average molecular weight is 197 g/mol. The largest absolute Gasteiger partial charge is 0.756 e. The summed E-state index contributed by atoms with van der Waals surface area (Å²) < 4.78 is 20.2. The summed E-state index contributed by atoms with van der Waals surface area (Å²) in [5, 5.41) is 0. The van der Waals surface area contributed by atoms with Crippen LogP contribution in [0.4, 0.5) is 0 Å². The monoisotopic (exact) mass is 197 g/mol. The highest BCUT2D eigenvalue weighted by Crippen LogP contribution is 2.38. The zero-order valence-corrected chi connectivity index (χ0v) is 8.84. The molecule has 0 aromatic heterocycles. The van der Waals surface area contributed by atoms with Crippen LogP contribution in [-0.4, -0.2) is 39.0 Å². The molecule has 0 aromatic rings. The van der Waals surface area contributed by atoms with Crippen LogP contribution in [0.25, 0.3) is 0 Å². The van der Waals surface area contributed by atoms with Crippen molar-refractivity contribution in [1.29, 1.82) is 0 Å². The minimum atomic E-state index is -4.05. The van der Waals surface area contributed by atoms with E-state index in [2.05, 4.69) is 9.05 Å². The molecule has 0 radical (unpaired) electrons. The number of phosphoric ester groups is 1. The molecule has 1 unspecified atom stereocenters. The summed E-state index contributed by atoms with van der Waals surface area (Å²) in [5.41, 5.74) is 0. The third-order valence-corrected chi connectivity index (χ3v) is 1.90. The predicted molar refractivity (Wildman–Crippen MR) is 43.2 cm³/mol. The Hall–Kier alpha value is 0.0700. The second-order valence-corrected chi connectivity index (χ2v) is 4.82. The van der Waals surface area contributed by atoms with Gasteiger partial charge in [-0.1, -0.05) is 0 Å². The predicted octanol–water partition coefficient (Wildman–Crippen LogP) is 0.172. The van der Waals surface area contributed by atoms with Crippen molar-refractivity contribution >= 4 is 7.82 Å². The lowest BCUT2D eigenvalue weighted by atomic mass is 10.7. The minimum Gasteiger partial charge on any atom is -0.756 e. The van der Waals surface area contributed by atoms with Crippen LogP contribution < -0.4 is 4.89 Å². The Morgan fingerprint density at radius 1 is 1.33 bits per heavy atom. The Kier molecular flexibility index (Phi) is 4.37. The molecule has 0 N–H and O–H groups in total. The maximum absolute atomic E-state index is 10.9. The van der Waals surface area contributed by atoms with Gasteiger partial charge in [-0.2, -0.15) is 0 Å². The van der Waals surface area contributed by atoms with Gasteiger partial charge in [0, 0.05) is 0 Å². The SMILES string of the molecule is CCOP(=O)([O-])OC[N+](C)(C)C. The summed E-state index contributed by atoms with van der Waals surface area (Å²) >= 11 is 0. The number of quaternary nitrogens is 1. The van der Waals surface area contributed by atoms with Gasteiger partial charge >= 0.3 is 0 Å². The second-order valence-electron chi connectivity index (χ2n) is 3.41. The van der Waals surface area contributed by atoms with E-state index in [1.54, 1.807) is 6.92 Å². The molecule has 0 saturated heterocycles. The van der Waals surface area contributed by atoms with Crippen molar-refractivity contribution in [3.8, 4) is 0 Å². The van der Waals surface area contributed by atoms with Crippen LogP contribution in [0.2, 0.25) is 0 Å². The van der Waals surface area contributed by atoms with Gasteiger partial charge in [0.15, 0.2) is 6.73 Å². The Labute approximate surface area is 73.1 Å². The van der Waals surface area contributed by atoms with Gasteiger partial charge in [-0.3, -0.25) is 9.09 Å². The van der Waals surface area contributed by atoms with Crippen molar-refractivity contribution in [2.24, 2.45) is 0 Å². The first-order valence-corrected chi connectivity index (χ1v) is 5.13. The van der Waals surface area contributed by atoms with E-state index in [9.17, 15) is 9.46 Å². The number of phosphoric acid groups is 1. The molecule has 0 spiro atoms. The average Bonchev–Trinajstić information content (AvgIpc) is 1.83. The summed E-state index contributed by atoms with van der Waals surface area (Å²) in [7, 11) is 1.42. The van der Waals surface area contributed by atoms with Crippen molar-refractivity contribution in [3.05, 3.63) is 0 Å². The molecule has 0 bridgehead atoms. The molecule has 0 aliphatic rings. The Morgan fingerprint density at radius 3 is 2.17 bits per heavy atom. The van der Waals surface area contributed by atoms with Crippen LogP contribution >= 0.6 is 7.82 Å². The van der Waals surface area contributed by atoms with Crippen LogP contribution in [0.1, 0.15) is 6.92 Å². The highest BCUT2D eigenvalue weighted by Gasteiger charge is 2.14. The lowest BCUT2D eigenvalue weighted by molar-refractivity contribution is -0.887. The van der Waals surface area contributed by atoms with Crippen molar-refractivity contribution < 1.29 is 23.0 Å². The third-order valence-electron chi connectivity index (χ3n) is 0.890. The summed E-state index contributed by atoms with van der Waals surface area (Å²) in [6.07, 6.45) is 0. The zero-order chi connectivity index (χ0) is 9.83. The quantitative estimate of drug-likeness (QED) is 0.358. The van der Waals surface area contributed by atoms with Gasteiger partial charge in [-0.05, 0) is 6.92 Å². The molecule has 0 fully saturated rings. The molecule has 5 nitrogen and oxygen atoms in total. The Bertz CT molecular complexity index is 177. The maximum Gasteiger partial charge on any atom is 0.272 e. The van der Waals surface area contributed by atoms with E-state index in [1.165, 1.54) is 0 Å². The molecular formula is C6H16NO4P. The molecule has 0 aromatic carbocycles. The van der Waals surface area contributed by atoms with Crippen LogP contribution in [-0.2, 0) is 13.6 Å². The fraction of sp³-hybridized carbons (Fsp3) is 1.00. The molecule has 0 amide bonds. The van der Waals surface area contributed by atoms with Crippen molar-refractivity contribution in [2.75, 3.05) is 34.5 Å². The third kappa shape index (κ3) is 6.76. The van der Waals surface area contributed by atoms with Gasteiger partial charge in [0.25, 0.3) is 7.82 Å². The van der Waals surface area contributed by atoms with Gasteiger partial charge in [-0.25, -0.2) is 0 Å². The Balaban J connectivity index is 3.84. The molecule has 12 heavy (non-hydrogen) atoms. The van der Waals surface area contributed by atoms with Crippen molar-refractivity contribution in [2.45, 2.75) is 6.92 Å².